The van der Waals surface area contributed by atoms with Crippen LogP contribution in [-0.2, 0) is 19.5 Å². The molecule has 0 atom stereocenters. The number of rotatable bonds is 9. The fraction of sp³-hybridized carbons (Fsp3) is 0.273. The molecular weight excluding hydrogens is 502 g/mol. The van der Waals surface area contributed by atoms with Gasteiger partial charge < -0.3 is 20.1 Å². The molecule has 206 valence electrons. The number of hydrogen-bond acceptors (Lipinski definition) is 5. The number of nitrogens with zero attached hydrogens (tertiary/aromatic N) is 2. The Kier molecular flexibility index (Phi) is 8.31. The number of aromatic amines is 1. The third kappa shape index (κ3) is 5.95. The van der Waals surface area contributed by atoms with Gasteiger partial charge in [-0.05, 0) is 48.1 Å². The van der Waals surface area contributed by atoms with Gasteiger partial charge in [0, 0.05) is 43.5 Å². The Morgan fingerprint density at radius 3 is 1.95 bits per heavy atom. The SMILES string of the molecule is CCc1c(-c2ccc(N3CCC(N(Cc4ccccc4)Cc4ccccc4)CC3)cc2)[nH]c(=O)c(C(=O)O)c1O. The van der Waals surface area contributed by atoms with Crippen molar-refractivity contribution >= 4 is 11.7 Å². The van der Waals surface area contributed by atoms with Crippen molar-refractivity contribution in [2.45, 2.75) is 45.3 Å². The smallest absolute Gasteiger partial charge is 0.345 e. The molecule has 5 rings (SSSR count). The summed E-state index contributed by atoms with van der Waals surface area (Å²) in [6.45, 7) is 5.53. The van der Waals surface area contributed by atoms with Crippen molar-refractivity contribution in [3.05, 3.63) is 118 Å². The van der Waals surface area contributed by atoms with E-state index in [2.05, 4.69) is 75.4 Å². The van der Waals surface area contributed by atoms with E-state index < -0.39 is 22.8 Å². The van der Waals surface area contributed by atoms with Crippen LogP contribution in [0.5, 0.6) is 5.75 Å². The first kappa shape index (κ1) is 27.2. The molecule has 1 aliphatic rings. The average molecular weight is 538 g/mol. The maximum absolute atomic E-state index is 12.4. The number of nitrogens with one attached hydrogen (secondary N) is 1. The number of hydrogen-bond donors (Lipinski definition) is 3. The quantitative estimate of drug-likeness (QED) is 0.254. The van der Waals surface area contributed by atoms with Crippen LogP contribution in [-0.4, -0.2) is 45.2 Å². The summed E-state index contributed by atoms with van der Waals surface area (Å²) >= 11 is 0. The first-order valence-corrected chi connectivity index (χ1v) is 13.8. The summed E-state index contributed by atoms with van der Waals surface area (Å²) in [6.07, 6.45) is 2.49. The Morgan fingerprint density at radius 1 is 0.900 bits per heavy atom. The number of benzene rings is 3. The van der Waals surface area contributed by atoms with E-state index in [1.807, 2.05) is 31.2 Å². The largest absolute Gasteiger partial charge is 0.506 e. The lowest BCUT2D eigenvalue weighted by Gasteiger charge is -2.39. The molecule has 40 heavy (non-hydrogen) atoms. The summed E-state index contributed by atoms with van der Waals surface area (Å²) in [6, 6.07) is 29.7. The molecule has 1 aromatic heterocycles. The number of anilines is 1. The Morgan fingerprint density at radius 2 is 1.45 bits per heavy atom. The van der Waals surface area contributed by atoms with E-state index in [-0.39, 0.29) is 0 Å². The monoisotopic (exact) mass is 537 g/mol. The highest BCUT2D eigenvalue weighted by Gasteiger charge is 2.26. The molecule has 0 saturated carbocycles. The molecule has 1 saturated heterocycles. The van der Waals surface area contributed by atoms with E-state index in [0.717, 1.165) is 50.3 Å². The third-order valence-electron chi connectivity index (χ3n) is 7.82. The van der Waals surface area contributed by atoms with Crippen LogP contribution in [0.1, 0.15) is 46.8 Å². The van der Waals surface area contributed by atoms with E-state index in [1.165, 1.54) is 11.1 Å². The Balaban J connectivity index is 1.30. The summed E-state index contributed by atoms with van der Waals surface area (Å²) in [5.74, 6) is -1.90. The van der Waals surface area contributed by atoms with Gasteiger partial charge in [-0.25, -0.2) is 4.79 Å². The highest BCUT2D eigenvalue weighted by Crippen LogP contribution is 2.32. The van der Waals surface area contributed by atoms with E-state index in [4.69, 9.17) is 0 Å². The summed E-state index contributed by atoms with van der Waals surface area (Å²) < 4.78 is 0. The third-order valence-corrected chi connectivity index (χ3v) is 7.82. The number of aromatic carboxylic acids is 1. The van der Waals surface area contributed by atoms with Gasteiger partial charge in [0.2, 0.25) is 0 Å². The van der Waals surface area contributed by atoms with Crippen molar-refractivity contribution in [3.8, 4) is 17.0 Å². The van der Waals surface area contributed by atoms with Crippen LogP contribution in [0, 0.1) is 0 Å². The molecule has 0 bridgehead atoms. The van der Waals surface area contributed by atoms with Gasteiger partial charge in [-0.2, -0.15) is 0 Å². The Bertz CT molecular complexity index is 1450. The fourth-order valence-electron chi connectivity index (χ4n) is 5.70. The summed E-state index contributed by atoms with van der Waals surface area (Å²) in [7, 11) is 0. The molecule has 0 unspecified atom stereocenters. The minimum Gasteiger partial charge on any atom is -0.506 e. The lowest BCUT2D eigenvalue weighted by atomic mass is 9.99. The summed E-state index contributed by atoms with van der Waals surface area (Å²) in [5, 5.41) is 19.8. The molecule has 2 heterocycles. The van der Waals surface area contributed by atoms with Gasteiger partial charge in [0.25, 0.3) is 5.56 Å². The molecule has 0 aliphatic carbocycles. The van der Waals surface area contributed by atoms with Crippen LogP contribution in [0.3, 0.4) is 0 Å². The summed E-state index contributed by atoms with van der Waals surface area (Å²) in [4.78, 5) is 31.5. The van der Waals surface area contributed by atoms with Gasteiger partial charge in [0.1, 0.15) is 5.75 Å². The van der Waals surface area contributed by atoms with Crippen molar-refractivity contribution in [2.75, 3.05) is 18.0 Å². The molecule has 0 amide bonds. The zero-order chi connectivity index (χ0) is 28.1. The van der Waals surface area contributed by atoms with Crippen molar-refractivity contribution < 1.29 is 15.0 Å². The number of H-pyrrole nitrogens is 1. The maximum atomic E-state index is 12.4. The van der Waals surface area contributed by atoms with E-state index in [9.17, 15) is 19.8 Å². The first-order chi connectivity index (χ1) is 19.4. The number of aromatic hydroxyl groups is 1. The predicted molar refractivity (Wildman–Crippen MR) is 158 cm³/mol. The number of carboxylic acid groups (broad SMARTS) is 1. The van der Waals surface area contributed by atoms with Crippen molar-refractivity contribution in [3.63, 3.8) is 0 Å². The molecule has 7 heteroatoms. The minimum absolute atomic E-state index is 0.385. The zero-order valence-electron chi connectivity index (χ0n) is 22.7. The fourth-order valence-corrected chi connectivity index (χ4v) is 5.70. The molecule has 7 nitrogen and oxygen atoms in total. The van der Waals surface area contributed by atoms with Crippen molar-refractivity contribution in [2.24, 2.45) is 0 Å². The van der Waals surface area contributed by atoms with Crippen LogP contribution in [0.25, 0.3) is 11.3 Å². The highest BCUT2D eigenvalue weighted by atomic mass is 16.4. The Hall–Kier alpha value is -4.36. The Labute approximate surface area is 234 Å². The van der Waals surface area contributed by atoms with Crippen LogP contribution in [0.15, 0.2) is 89.7 Å². The number of carbonyl (C=O) groups is 1. The lowest BCUT2D eigenvalue weighted by Crippen LogP contribution is -2.44. The van der Waals surface area contributed by atoms with Crippen molar-refractivity contribution in [1.29, 1.82) is 0 Å². The second-order valence-corrected chi connectivity index (χ2v) is 10.3. The molecular formula is C33H35N3O4. The molecule has 0 radical (unpaired) electrons. The van der Waals surface area contributed by atoms with Gasteiger partial charge in [0.15, 0.2) is 5.56 Å². The van der Waals surface area contributed by atoms with Gasteiger partial charge in [0.05, 0.1) is 5.69 Å². The van der Waals surface area contributed by atoms with Crippen LogP contribution < -0.4 is 10.5 Å². The zero-order valence-corrected chi connectivity index (χ0v) is 22.7. The minimum atomic E-state index is -1.44. The van der Waals surface area contributed by atoms with Crippen LogP contribution >= 0.6 is 0 Å². The molecule has 0 spiro atoms. The first-order valence-electron chi connectivity index (χ1n) is 13.8. The van der Waals surface area contributed by atoms with E-state index in [0.29, 0.717) is 23.7 Å². The van der Waals surface area contributed by atoms with Crippen LogP contribution in [0.2, 0.25) is 0 Å². The highest BCUT2D eigenvalue weighted by molar-refractivity contribution is 5.92. The van der Waals surface area contributed by atoms with E-state index in [1.54, 1.807) is 0 Å². The average Bonchev–Trinajstić information content (AvgIpc) is 2.98. The second kappa shape index (κ2) is 12.2. The molecule has 4 aromatic rings. The molecule has 3 aromatic carbocycles. The predicted octanol–water partition coefficient (Wildman–Crippen LogP) is 5.68. The van der Waals surface area contributed by atoms with Crippen LogP contribution in [0.4, 0.5) is 5.69 Å². The molecule has 3 N–H and O–H groups in total. The maximum Gasteiger partial charge on any atom is 0.345 e. The van der Waals surface area contributed by atoms with Gasteiger partial charge in [-0.1, -0.05) is 79.7 Å². The lowest BCUT2D eigenvalue weighted by molar-refractivity contribution is 0.0691. The summed E-state index contributed by atoms with van der Waals surface area (Å²) in [5.41, 5.74) is 3.93. The van der Waals surface area contributed by atoms with Gasteiger partial charge in [-0.3, -0.25) is 9.69 Å². The number of piperidine rings is 1. The topological polar surface area (TPSA) is 96.9 Å². The normalized spacial score (nSPS) is 14.0. The molecule has 1 aliphatic heterocycles. The van der Waals surface area contributed by atoms with E-state index >= 15 is 0 Å². The second-order valence-electron chi connectivity index (χ2n) is 10.3. The number of aromatic nitrogens is 1. The van der Waals surface area contributed by atoms with Crippen molar-refractivity contribution in [1.82, 2.24) is 9.88 Å². The molecule has 1 fully saturated rings. The van der Waals surface area contributed by atoms with Gasteiger partial charge in [-0.15, -0.1) is 0 Å². The number of pyridine rings is 1. The number of carboxylic acids is 1. The standard InChI is InChI=1S/C33H35N3O4/c1-2-28-30(34-32(38)29(31(28)37)33(39)40)25-13-15-26(16-14-25)35-19-17-27(18-20-35)36(21-23-9-5-3-6-10-23)22-24-11-7-4-8-12-24/h3-16,27H,2,17-22H2,1H3,(H,39,40)(H2,34,37,38). The van der Waals surface area contributed by atoms with Gasteiger partial charge >= 0.3 is 5.97 Å².